The molecule has 0 bridgehead atoms. The first-order valence-corrected chi connectivity index (χ1v) is 12.6. The number of likely N-dealkylation sites (tertiary alicyclic amines) is 1. The van der Waals surface area contributed by atoms with Gasteiger partial charge in [0.05, 0.1) is 22.2 Å². The first-order valence-electron chi connectivity index (χ1n) is 11.8. The summed E-state index contributed by atoms with van der Waals surface area (Å²) in [6, 6.07) is 6.23. The number of amides is 3. The van der Waals surface area contributed by atoms with Crippen LogP contribution in [-0.4, -0.2) is 64.0 Å². The van der Waals surface area contributed by atoms with Gasteiger partial charge in [0.25, 0.3) is 0 Å². The van der Waals surface area contributed by atoms with Crippen molar-refractivity contribution in [2.75, 3.05) is 13.1 Å². The van der Waals surface area contributed by atoms with Crippen LogP contribution in [0.1, 0.15) is 44.9 Å². The molecule has 190 valence electrons. The standard InChI is InChI=1S/C25H35N5O4S/c1-15-21(35-14-28-15)17-7-5-16(6-8-17)12-27-23(33)19-11-18(31)13-30(19)24(34)22(25(2,3)4)29-20(32)9-10-26/h5-8,14,18-19,22,31H,9-13,26H2,1-4H3,(H,27,33)(H,29,32)/t18-,19+,22-/m1/s1. The number of hydrogen-bond acceptors (Lipinski definition) is 7. The summed E-state index contributed by atoms with van der Waals surface area (Å²) in [6.45, 7) is 8.02. The highest BCUT2D eigenvalue weighted by Gasteiger charge is 2.44. The highest BCUT2D eigenvalue weighted by Crippen LogP contribution is 2.28. The normalized spacial score (nSPS) is 18.9. The van der Waals surface area contributed by atoms with Crippen LogP contribution < -0.4 is 16.4 Å². The van der Waals surface area contributed by atoms with E-state index < -0.39 is 23.6 Å². The van der Waals surface area contributed by atoms with Gasteiger partial charge in [-0.05, 0) is 23.5 Å². The van der Waals surface area contributed by atoms with Crippen molar-refractivity contribution >= 4 is 29.1 Å². The zero-order chi connectivity index (χ0) is 25.8. The monoisotopic (exact) mass is 501 g/mol. The molecule has 1 aromatic carbocycles. The summed E-state index contributed by atoms with van der Waals surface area (Å²) in [4.78, 5) is 45.4. The van der Waals surface area contributed by atoms with Crippen LogP contribution in [0.4, 0.5) is 0 Å². The van der Waals surface area contributed by atoms with Crippen molar-refractivity contribution in [2.24, 2.45) is 11.1 Å². The Hall–Kier alpha value is -2.82. The molecule has 1 fully saturated rings. The minimum Gasteiger partial charge on any atom is -0.391 e. The van der Waals surface area contributed by atoms with E-state index in [0.717, 1.165) is 21.7 Å². The molecule has 3 amide bonds. The highest BCUT2D eigenvalue weighted by molar-refractivity contribution is 7.13. The van der Waals surface area contributed by atoms with Gasteiger partial charge in [-0.25, -0.2) is 4.98 Å². The zero-order valence-electron chi connectivity index (χ0n) is 20.7. The minimum atomic E-state index is -0.843. The molecular formula is C25H35N5O4S. The van der Waals surface area contributed by atoms with Crippen LogP contribution in [0.25, 0.3) is 10.4 Å². The number of nitrogens with one attached hydrogen (secondary N) is 2. The quantitative estimate of drug-likeness (QED) is 0.433. The van der Waals surface area contributed by atoms with Crippen molar-refractivity contribution < 1.29 is 19.5 Å². The van der Waals surface area contributed by atoms with E-state index in [9.17, 15) is 19.5 Å². The summed E-state index contributed by atoms with van der Waals surface area (Å²) in [7, 11) is 0. The molecule has 0 spiro atoms. The lowest BCUT2D eigenvalue weighted by Crippen LogP contribution is -2.57. The molecule has 0 unspecified atom stereocenters. The molecule has 35 heavy (non-hydrogen) atoms. The molecule has 2 heterocycles. The first kappa shape index (κ1) is 26.8. The fourth-order valence-electron chi connectivity index (χ4n) is 4.14. The van der Waals surface area contributed by atoms with E-state index in [1.54, 1.807) is 11.3 Å². The fraction of sp³-hybridized carbons (Fsp3) is 0.520. The lowest BCUT2D eigenvalue weighted by Gasteiger charge is -2.35. The van der Waals surface area contributed by atoms with Gasteiger partial charge in [-0.1, -0.05) is 45.0 Å². The molecule has 1 aromatic heterocycles. The van der Waals surface area contributed by atoms with E-state index in [4.69, 9.17) is 5.73 Å². The molecule has 0 radical (unpaired) electrons. The average Bonchev–Trinajstić information content (AvgIpc) is 3.40. The van der Waals surface area contributed by atoms with Crippen LogP contribution in [0.3, 0.4) is 0 Å². The number of benzene rings is 1. The Balaban J connectivity index is 1.67. The van der Waals surface area contributed by atoms with E-state index in [2.05, 4.69) is 15.6 Å². The van der Waals surface area contributed by atoms with Gasteiger partial charge in [-0.2, -0.15) is 0 Å². The number of nitrogens with zero attached hydrogens (tertiary/aromatic N) is 2. The number of carbonyl (C=O) groups is 3. The second-order valence-electron chi connectivity index (χ2n) is 9.98. The van der Waals surface area contributed by atoms with Crippen LogP contribution in [0.5, 0.6) is 0 Å². The minimum absolute atomic E-state index is 0.0408. The predicted molar refractivity (Wildman–Crippen MR) is 135 cm³/mol. The SMILES string of the molecule is Cc1ncsc1-c1ccc(CNC(=O)[C@@H]2C[C@@H](O)CN2C(=O)[C@@H](NC(=O)CCN)C(C)(C)C)cc1. The van der Waals surface area contributed by atoms with Gasteiger partial charge in [-0.3, -0.25) is 14.4 Å². The number of nitrogens with two attached hydrogens (primary N) is 1. The van der Waals surface area contributed by atoms with E-state index in [1.165, 1.54) is 4.90 Å². The maximum absolute atomic E-state index is 13.4. The molecule has 1 aliphatic rings. The number of aromatic nitrogens is 1. The first-order chi connectivity index (χ1) is 16.5. The molecular weight excluding hydrogens is 466 g/mol. The number of thiazole rings is 1. The second kappa shape index (κ2) is 11.3. The highest BCUT2D eigenvalue weighted by atomic mass is 32.1. The molecule has 3 atom stereocenters. The Labute approximate surface area is 210 Å². The van der Waals surface area contributed by atoms with E-state index in [0.29, 0.717) is 6.54 Å². The summed E-state index contributed by atoms with van der Waals surface area (Å²) in [5.41, 5.74) is 9.66. The largest absolute Gasteiger partial charge is 0.391 e. The Morgan fingerprint density at radius 2 is 1.94 bits per heavy atom. The molecule has 0 aliphatic carbocycles. The lowest BCUT2D eigenvalue weighted by molar-refractivity contribution is -0.144. The maximum Gasteiger partial charge on any atom is 0.246 e. The summed E-state index contributed by atoms with van der Waals surface area (Å²) in [6.07, 6.45) is -0.556. The van der Waals surface area contributed by atoms with Crippen LogP contribution in [0.15, 0.2) is 29.8 Å². The molecule has 1 aliphatic heterocycles. The second-order valence-corrected chi connectivity index (χ2v) is 10.8. The van der Waals surface area contributed by atoms with Crippen LogP contribution in [-0.2, 0) is 20.9 Å². The van der Waals surface area contributed by atoms with E-state index in [1.807, 2.05) is 57.5 Å². The fourth-order valence-corrected chi connectivity index (χ4v) is 4.96. The van der Waals surface area contributed by atoms with Gasteiger partial charge in [0, 0.05) is 32.5 Å². The Kier molecular flexibility index (Phi) is 8.63. The zero-order valence-corrected chi connectivity index (χ0v) is 21.5. The number of aliphatic hydroxyl groups excluding tert-OH is 1. The third-order valence-electron chi connectivity index (χ3n) is 6.08. The third kappa shape index (κ3) is 6.65. The van der Waals surface area contributed by atoms with Crippen LogP contribution >= 0.6 is 11.3 Å². The number of hydrogen-bond donors (Lipinski definition) is 4. The van der Waals surface area contributed by atoms with Gasteiger partial charge in [0.15, 0.2) is 0 Å². The van der Waals surface area contributed by atoms with E-state index in [-0.39, 0.29) is 43.7 Å². The van der Waals surface area contributed by atoms with Crippen molar-refractivity contribution in [1.29, 1.82) is 0 Å². The number of carbonyl (C=O) groups excluding carboxylic acids is 3. The predicted octanol–water partition coefficient (Wildman–Crippen LogP) is 1.58. The van der Waals surface area contributed by atoms with Gasteiger partial charge in [0.1, 0.15) is 12.1 Å². The number of aryl methyl sites for hydroxylation is 1. The summed E-state index contributed by atoms with van der Waals surface area (Å²) >= 11 is 1.58. The van der Waals surface area contributed by atoms with Crippen molar-refractivity contribution in [3.8, 4) is 10.4 Å². The van der Waals surface area contributed by atoms with Crippen molar-refractivity contribution in [3.63, 3.8) is 0 Å². The molecule has 2 aromatic rings. The topological polar surface area (TPSA) is 138 Å². The average molecular weight is 502 g/mol. The van der Waals surface area contributed by atoms with Gasteiger partial charge >= 0.3 is 0 Å². The van der Waals surface area contributed by atoms with Gasteiger partial charge in [-0.15, -0.1) is 11.3 Å². The summed E-state index contributed by atoms with van der Waals surface area (Å²) < 4.78 is 0. The Bertz CT molecular complexity index is 1050. The van der Waals surface area contributed by atoms with Crippen molar-refractivity contribution in [2.45, 2.75) is 65.3 Å². The molecule has 0 saturated carbocycles. The smallest absolute Gasteiger partial charge is 0.246 e. The van der Waals surface area contributed by atoms with Gasteiger partial charge < -0.3 is 26.4 Å². The molecule has 5 N–H and O–H groups in total. The maximum atomic E-state index is 13.4. The Morgan fingerprint density at radius 1 is 1.26 bits per heavy atom. The number of β-amino-alcohol motifs (C(OH)–C–C–N with tert-alkyl or cyclic N) is 1. The van der Waals surface area contributed by atoms with E-state index >= 15 is 0 Å². The molecule has 1 saturated heterocycles. The van der Waals surface area contributed by atoms with Crippen molar-refractivity contribution in [3.05, 3.63) is 41.0 Å². The van der Waals surface area contributed by atoms with Crippen LogP contribution in [0.2, 0.25) is 0 Å². The van der Waals surface area contributed by atoms with Crippen molar-refractivity contribution in [1.82, 2.24) is 20.5 Å². The molecule has 10 heteroatoms. The number of aliphatic hydroxyl groups is 1. The summed E-state index contributed by atoms with van der Waals surface area (Å²) in [5, 5.41) is 15.9. The lowest BCUT2D eigenvalue weighted by atomic mass is 9.85. The summed E-state index contributed by atoms with van der Waals surface area (Å²) in [5.74, 6) is -1.04. The third-order valence-corrected chi connectivity index (χ3v) is 7.06. The number of rotatable bonds is 8. The van der Waals surface area contributed by atoms with Crippen LogP contribution in [0, 0.1) is 12.3 Å². The Morgan fingerprint density at radius 3 is 2.51 bits per heavy atom. The molecule has 9 nitrogen and oxygen atoms in total. The molecule has 3 rings (SSSR count). The van der Waals surface area contributed by atoms with Gasteiger partial charge in [0.2, 0.25) is 17.7 Å².